The highest BCUT2D eigenvalue weighted by Gasteiger charge is 2.24. The third-order valence-electron chi connectivity index (χ3n) is 5.82. The summed E-state index contributed by atoms with van der Waals surface area (Å²) in [5.41, 5.74) is 3.66. The summed E-state index contributed by atoms with van der Waals surface area (Å²) in [6.07, 6.45) is 1.78. The van der Waals surface area contributed by atoms with Crippen LogP contribution in [0.15, 0.2) is 81.8 Å². The fraction of sp³-hybridized carbons (Fsp3) is 0.111. The lowest BCUT2D eigenvalue weighted by atomic mass is 9.97. The second-order valence-electron chi connectivity index (χ2n) is 8.32. The highest BCUT2D eigenvalue weighted by Crippen LogP contribution is 2.29. The Morgan fingerprint density at radius 3 is 2.66 bits per heavy atom. The van der Waals surface area contributed by atoms with Crippen LogP contribution in [0.1, 0.15) is 15.2 Å². The molecular formula is C27H22N4O3S. The molecule has 0 saturated carbocycles. The third kappa shape index (κ3) is 4.20. The van der Waals surface area contributed by atoms with Gasteiger partial charge in [0.1, 0.15) is 10.6 Å². The molecule has 0 saturated heterocycles. The van der Waals surface area contributed by atoms with E-state index >= 15 is 0 Å². The van der Waals surface area contributed by atoms with Gasteiger partial charge in [-0.05, 0) is 46.8 Å². The van der Waals surface area contributed by atoms with E-state index in [9.17, 15) is 14.4 Å². The summed E-state index contributed by atoms with van der Waals surface area (Å²) in [5, 5.41) is 9.22. The molecule has 3 aromatic carbocycles. The summed E-state index contributed by atoms with van der Waals surface area (Å²) < 4.78 is 0. The quantitative estimate of drug-likeness (QED) is 0.332. The number of anilines is 3. The zero-order valence-corrected chi connectivity index (χ0v) is 20.0. The third-order valence-corrected chi connectivity index (χ3v) is 6.73. The van der Waals surface area contributed by atoms with Crippen LogP contribution in [-0.4, -0.2) is 25.0 Å². The lowest BCUT2D eigenvalue weighted by molar-refractivity contribution is 0.103. The number of thiophene rings is 1. The summed E-state index contributed by atoms with van der Waals surface area (Å²) in [7, 11) is 3.46. The minimum Gasteiger partial charge on any atom is -0.380 e. The van der Waals surface area contributed by atoms with E-state index < -0.39 is 10.9 Å². The second-order valence-corrected chi connectivity index (χ2v) is 9.23. The first-order chi connectivity index (χ1) is 16.9. The molecule has 7 nitrogen and oxygen atoms in total. The summed E-state index contributed by atoms with van der Waals surface area (Å²) >= 11 is 1.35. The van der Waals surface area contributed by atoms with Crippen molar-refractivity contribution in [1.29, 1.82) is 0 Å². The van der Waals surface area contributed by atoms with Crippen molar-refractivity contribution in [3.63, 3.8) is 0 Å². The number of fused-ring (bicyclic) bond motifs is 1. The number of aromatic nitrogens is 1. The van der Waals surface area contributed by atoms with E-state index in [2.05, 4.69) is 15.6 Å². The number of rotatable bonds is 7. The van der Waals surface area contributed by atoms with Crippen LogP contribution < -0.4 is 26.4 Å². The van der Waals surface area contributed by atoms with Crippen molar-refractivity contribution < 1.29 is 4.79 Å². The van der Waals surface area contributed by atoms with Gasteiger partial charge in [0.2, 0.25) is 10.9 Å². The lowest BCUT2D eigenvalue weighted by Crippen LogP contribution is -2.39. The van der Waals surface area contributed by atoms with Crippen LogP contribution in [-0.2, 0) is 6.54 Å². The lowest BCUT2D eigenvalue weighted by Gasteiger charge is -2.18. The van der Waals surface area contributed by atoms with Crippen molar-refractivity contribution in [2.75, 3.05) is 29.6 Å². The molecule has 2 heterocycles. The predicted molar refractivity (Wildman–Crippen MR) is 142 cm³/mol. The number of carbonyl (C=O) groups excluding carboxylic acids is 1. The van der Waals surface area contributed by atoms with Gasteiger partial charge in [0.05, 0.1) is 16.8 Å². The molecule has 0 spiro atoms. The summed E-state index contributed by atoms with van der Waals surface area (Å²) in [4.78, 5) is 43.8. The molecule has 0 unspecified atom stereocenters. The fourth-order valence-electron chi connectivity index (χ4n) is 4.14. The second kappa shape index (κ2) is 9.15. The minimum atomic E-state index is -0.509. The molecule has 0 bridgehead atoms. The summed E-state index contributed by atoms with van der Waals surface area (Å²) in [6, 6.07) is 18.8. The average molecular weight is 483 g/mol. The molecule has 35 heavy (non-hydrogen) atoms. The topological polar surface area (TPSA) is 91.4 Å². The van der Waals surface area contributed by atoms with Gasteiger partial charge < -0.3 is 15.5 Å². The number of nitrogens with zero attached hydrogens (tertiary/aromatic N) is 2. The molecule has 0 aliphatic rings. The number of nitrogens with one attached hydrogen (secondary N) is 2. The van der Waals surface area contributed by atoms with Gasteiger partial charge in [0.25, 0.3) is 5.91 Å². The van der Waals surface area contributed by atoms with Gasteiger partial charge in [-0.15, -0.1) is 11.3 Å². The highest BCUT2D eigenvalue weighted by molar-refractivity contribution is 7.12. The van der Waals surface area contributed by atoms with Crippen molar-refractivity contribution in [1.82, 2.24) is 4.98 Å². The van der Waals surface area contributed by atoms with Crippen molar-refractivity contribution in [3.05, 3.63) is 103 Å². The summed E-state index contributed by atoms with van der Waals surface area (Å²) in [6.45, 7) is 0.549. The van der Waals surface area contributed by atoms with Crippen molar-refractivity contribution in [3.8, 4) is 11.1 Å². The molecule has 8 heteroatoms. The molecule has 174 valence electrons. The van der Waals surface area contributed by atoms with E-state index in [4.69, 9.17) is 0 Å². The molecule has 0 atom stereocenters. The first-order valence-corrected chi connectivity index (χ1v) is 11.9. The Bertz CT molecular complexity index is 1620. The van der Waals surface area contributed by atoms with Gasteiger partial charge in [-0.2, -0.15) is 0 Å². The van der Waals surface area contributed by atoms with Crippen LogP contribution in [0.3, 0.4) is 0 Å². The average Bonchev–Trinajstić information content (AvgIpc) is 3.34. The van der Waals surface area contributed by atoms with Gasteiger partial charge >= 0.3 is 0 Å². The Labute approximate surface area is 205 Å². The van der Waals surface area contributed by atoms with Gasteiger partial charge in [-0.1, -0.05) is 30.3 Å². The number of benzene rings is 2. The van der Waals surface area contributed by atoms with E-state index in [1.54, 1.807) is 49.5 Å². The Morgan fingerprint density at radius 1 is 1.00 bits per heavy atom. The maximum atomic E-state index is 13.1. The largest absolute Gasteiger partial charge is 0.380 e. The molecule has 5 aromatic rings. The van der Waals surface area contributed by atoms with Gasteiger partial charge in [0, 0.05) is 37.9 Å². The van der Waals surface area contributed by atoms with Crippen LogP contribution in [0, 0.1) is 0 Å². The molecule has 2 N–H and O–H groups in total. The molecule has 0 fully saturated rings. The standard InChI is InChI=1S/C27H22N4O3S/c1-31(2)23-22(24(32)25(23)33)16-6-5-7-18(14-16)30-27(34)26-21(11-13-35-26)29-15-17-10-12-28-20-9-4-3-8-19(17)20/h3-14,29H,15H2,1-2H3,(H,30,34). The van der Waals surface area contributed by atoms with Crippen molar-refractivity contribution in [2.24, 2.45) is 0 Å². The molecule has 2 aromatic heterocycles. The molecular weight excluding hydrogens is 460 g/mol. The normalized spacial score (nSPS) is 11.0. The number of carbonyl (C=O) groups is 1. The van der Waals surface area contributed by atoms with E-state index in [1.165, 1.54) is 11.3 Å². The van der Waals surface area contributed by atoms with E-state index in [0.717, 1.165) is 22.2 Å². The Kier molecular flexibility index (Phi) is 5.88. The van der Waals surface area contributed by atoms with Crippen LogP contribution in [0.25, 0.3) is 22.0 Å². The molecule has 5 rings (SSSR count). The molecule has 0 aliphatic heterocycles. The number of hydrogen-bond donors (Lipinski definition) is 2. The van der Waals surface area contributed by atoms with Crippen molar-refractivity contribution in [2.45, 2.75) is 6.54 Å². The SMILES string of the molecule is CN(C)c1c(-c2cccc(NC(=O)c3sccc3NCc3ccnc4ccccc34)c2)c(=O)c1=O. The van der Waals surface area contributed by atoms with Gasteiger partial charge in [0.15, 0.2) is 0 Å². The van der Waals surface area contributed by atoms with Crippen LogP contribution in [0.5, 0.6) is 0 Å². The number of para-hydroxylation sites is 1. The van der Waals surface area contributed by atoms with Gasteiger partial charge in [-0.25, -0.2) is 0 Å². The Hall–Kier alpha value is -4.30. The molecule has 0 aliphatic carbocycles. The van der Waals surface area contributed by atoms with Crippen LogP contribution in [0.2, 0.25) is 0 Å². The smallest absolute Gasteiger partial charge is 0.267 e. The maximum Gasteiger partial charge on any atom is 0.267 e. The Morgan fingerprint density at radius 2 is 1.83 bits per heavy atom. The fourth-order valence-corrected chi connectivity index (χ4v) is 4.90. The maximum absolute atomic E-state index is 13.1. The monoisotopic (exact) mass is 482 g/mol. The first-order valence-electron chi connectivity index (χ1n) is 11.0. The number of pyridine rings is 1. The molecule has 1 amide bonds. The minimum absolute atomic E-state index is 0.253. The van der Waals surface area contributed by atoms with E-state index in [-0.39, 0.29) is 5.91 Å². The Balaban J connectivity index is 1.34. The first kappa shape index (κ1) is 22.5. The van der Waals surface area contributed by atoms with Crippen molar-refractivity contribution >= 4 is 45.2 Å². The zero-order valence-electron chi connectivity index (χ0n) is 19.2. The van der Waals surface area contributed by atoms with E-state index in [1.807, 2.05) is 41.8 Å². The zero-order chi connectivity index (χ0) is 24.5. The molecule has 0 radical (unpaired) electrons. The summed E-state index contributed by atoms with van der Waals surface area (Å²) in [5.74, 6) is -0.253. The van der Waals surface area contributed by atoms with E-state index in [0.29, 0.717) is 33.9 Å². The number of amides is 1. The number of hydrogen-bond acceptors (Lipinski definition) is 7. The van der Waals surface area contributed by atoms with Gasteiger partial charge in [-0.3, -0.25) is 19.4 Å². The highest BCUT2D eigenvalue weighted by atomic mass is 32.1. The van der Waals surface area contributed by atoms with Crippen LogP contribution in [0.4, 0.5) is 17.1 Å². The predicted octanol–water partition coefficient (Wildman–Crippen LogP) is 4.49. The van der Waals surface area contributed by atoms with Crippen LogP contribution >= 0.6 is 11.3 Å².